The average molecular weight is 411 g/mol. The minimum absolute atomic E-state index is 0.0327. The van der Waals surface area contributed by atoms with Crippen LogP contribution in [0.3, 0.4) is 0 Å². The topological polar surface area (TPSA) is 49.4 Å². The van der Waals surface area contributed by atoms with Gasteiger partial charge in [-0.1, -0.05) is 54.1 Å². The molecule has 5 heteroatoms. The number of amides is 2. The zero-order valence-corrected chi connectivity index (χ0v) is 17.3. The van der Waals surface area contributed by atoms with Crippen molar-refractivity contribution in [3.05, 3.63) is 70.7 Å². The number of halogens is 1. The fourth-order valence-corrected chi connectivity index (χ4v) is 4.16. The molecule has 0 radical (unpaired) electrons. The molecule has 1 aliphatic heterocycles. The first kappa shape index (κ1) is 20.0. The van der Waals surface area contributed by atoms with Crippen LogP contribution < -0.4 is 5.32 Å². The lowest BCUT2D eigenvalue weighted by Crippen LogP contribution is -2.44. The summed E-state index contributed by atoms with van der Waals surface area (Å²) in [4.78, 5) is 27.2. The maximum absolute atomic E-state index is 13.0. The number of rotatable bonds is 6. The molecule has 1 atom stereocenters. The summed E-state index contributed by atoms with van der Waals surface area (Å²) < 4.78 is 0. The predicted molar refractivity (Wildman–Crippen MR) is 115 cm³/mol. The molecule has 1 N–H and O–H groups in total. The number of hydrogen-bond acceptors (Lipinski definition) is 2. The number of likely N-dealkylation sites (tertiary alicyclic amines) is 1. The third-order valence-electron chi connectivity index (χ3n) is 5.98. The van der Waals surface area contributed by atoms with Crippen molar-refractivity contribution in [2.75, 3.05) is 13.1 Å². The molecule has 1 saturated heterocycles. The van der Waals surface area contributed by atoms with Crippen LogP contribution in [0.5, 0.6) is 0 Å². The molecule has 2 fully saturated rings. The zero-order valence-electron chi connectivity index (χ0n) is 16.5. The summed E-state index contributed by atoms with van der Waals surface area (Å²) in [5.74, 6) is 0.594. The van der Waals surface area contributed by atoms with Crippen LogP contribution >= 0.6 is 11.6 Å². The molecule has 1 aliphatic carbocycles. The van der Waals surface area contributed by atoms with Crippen LogP contribution in [0.25, 0.3) is 0 Å². The van der Waals surface area contributed by atoms with Gasteiger partial charge >= 0.3 is 0 Å². The molecule has 1 heterocycles. The molecule has 1 saturated carbocycles. The Balaban J connectivity index is 1.39. The highest BCUT2D eigenvalue weighted by Crippen LogP contribution is 2.32. The predicted octanol–water partition coefficient (Wildman–Crippen LogP) is 4.39. The summed E-state index contributed by atoms with van der Waals surface area (Å²) in [5, 5.41) is 3.98. The first-order valence-corrected chi connectivity index (χ1v) is 10.9. The van der Waals surface area contributed by atoms with E-state index in [4.69, 9.17) is 11.6 Å². The van der Waals surface area contributed by atoms with E-state index in [1.807, 2.05) is 47.4 Å². The van der Waals surface area contributed by atoms with Gasteiger partial charge < -0.3 is 10.2 Å². The Labute approximate surface area is 177 Å². The molecule has 2 aliphatic rings. The van der Waals surface area contributed by atoms with E-state index in [1.54, 1.807) is 0 Å². The molecule has 152 valence electrons. The molecule has 2 amide bonds. The van der Waals surface area contributed by atoms with E-state index < -0.39 is 0 Å². The van der Waals surface area contributed by atoms with Crippen LogP contribution in [0.4, 0.5) is 0 Å². The molecule has 4 nitrogen and oxygen atoms in total. The molecule has 0 spiro atoms. The van der Waals surface area contributed by atoms with Gasteiger partial charge in [-0.3, -0.25) is 9.59 Å². The number of carbonyl (C=O) groups excluding carboxylic acids is 2. The molecular formula is C24H27ClN2O2. The van der Waals surface area contributed by atoms with Gasteiger partial charge in [0.15, 0.2) is 0 Å². The van der Waals surface area contributed by atoms with Crippen molar-refractivity contribution >= 4 is 23.4 Å². The molecule has 0 bridgehead atoms. The summed E-state index contributed by atoms with van der Waals surface area (Å²) in [5.41, 5.74) is 2.23. The van der Waals surface area contributed by atoms with Gasteiger partial charge in [-0.2, -0.15) is 0 Å². The highest BCUT2D eigenvalue weighted by Gasteiger charge is 2.36. The van der Waals surface area contributed by atoms with Gasteiger partial charge in [0, 0.05) is 29.9 Å². The van der Waals surface area contributed by atoms with Gasteiger partial charge in [0.1, 0.15) is 0 Å². The number of nitrogens with one attached hydrogen (secondary N) is 1. The third kappa shape index (κ3) is 5.18. The molecule has 1 unspecified atom stereocenters. The lowest BCUT2D eigenvalue weighted by atomic mass is 9.93. The molecule has 2 aromatic carbocycles. The number of hydrogen-bond donors (Lipinski definition) is 1. The molecule has 29 heavy (non-hydrogen) atoms. The van der Waals surface area contributed by atoms with Crippen molar-refractivity contribution in [2.24, 2.45) is 11.8 Å². The summed E-state index contributed by atoms with van der Waals surface area (Å²) in [6, 6.07) is 17.8. The van der Waals surface area contributed by atoms with Gasteiger partial charge in [-0.05, 0) is 55.4 Å². The second-order valence-electron chi connectivity index (χ2n) is 8.18. The highest BCUT2D eigenvalue weighted by atomic mass is 35.5. The molecule has 2 aromatic rings. The minimum atomic E-state index is -0.0870. The van der Waals surface area contributed by atoms with E-state index in [-0.39, 0.29) is 29.7 Å². The minimum Gasteiger partial charge on any atom is -0.349 e. The van der Waals surface area contributed by atoms with Gasteiger partial charge in [0.05, 0.1) is 6.04 Å². The lowest BCUT2D eigenvalue weighted by molar-refractivity contribution is -0.136. The smallest absolute Gasteiger partial charge is 0.225 e. The summed E-state index contributed by atoms with van der Waals surface area (Å²) in [7, 11) is 0. The van der Waals surface area contributed by atoms with Crippen LogP contribution in [-0.4, -0.2) is 29.8 Å². The summed E-state index contributed by atoms with van der Waals surface area (Å²) >= 11 is 6.01. The summed E-state index contributed by atoms with van der Waals surface area (Å²) in [6.07, 6.45) is 4.26. The fourth-order valence-electron chi connectivity index (χ4n) is 4.03. The van der Waals surface area contributed by atoms with E-state index in [2.05, 4.69) is 17.4 Å². The van der Waals surface area contributed by atoms with E-state index in [9.17, 15) is 9.59 Å². The number of benzene rings is 2. The first-order valence-electron chi connectivity index (χ1n) is 10.5. The molecular weight excluding hydrogens is 384 g/mol. The Hall–Kier alpha value is -2.33. The SMILES string of the molecule is O=C(NC(Cc1ccc(Cl)cc1)c1ccccc1)C1CCN(C(=O)C2CC2)CC1. The van der Waals surface area contributed by atoms with Gasteiger partial charge in [-0.15, -0.1) is 0 Å². The van der Waals surface area contributed by atoms with Crippen molar-refractivity contribution in [2.45, 2.75) is 38.1 Å². The maximum Gasteiger partial charge on any atom is 0.225 e. The van der Waals surface area contributed by atoms with Crippen LogP contribution in [0.15, 0.2) is 54.6 Å². The van der Waals surface area contributed by atoms with Crippen molar-refractivity contribution in [1.29, 1.82) is 0 Å². The second-order valence-corrected chi connectivity index (χ2v) is 8.61. The normalized spacial score (nSPS) is 18.3. The van der Waals surface area contributed by atoms with Crippen molar-refractivity contribution < 1.29 is 9.59 Å². The van der Waals surface area contributed by atoms with E-state index in [0.29, 0.717) is 24.5 Å². The summed E-state index contributed by atoms with van der Waals surface area (Å²) in [6.45, 7) is 1.39. The van der Waals surface area contributed by atoms with Crippen molar-refractivity contribution in [1.82, 2.24) is 10.2 Å². The molecule has 4 rings (SSSR count). The number of nitrogens with zero attached hydrogens (tertiary/aromatic N) is 1. The average Bonchev–Trinajstić information content (AvgIpc) is 3.60. The second kappa shape index (κ2) is 9.00. The van der Waals surface area contributed by atoms with Gasteiger partial charge in [0.2, 0.25) is 11.8 Å². The maximum atomic E-state index is 13.0. The molecule has 0 aromatic heterocycles. The Kier molecular flexibility index (Phi) is 6.19. The number of carbonyl (C=O) groups is 2. The largest absolute Gasteiger partial charge is 0.349 e. The van der Waals surface area contributed by atoms with E-state index in [0.717, 1.165) is 36.8 Å². The first-order chi connectivity index (χ1) is 14.1. The Morgan fingerprint density at radius 2 is 1.59 bits per heavy atom. The van der Waals surface area contributed by atoms with Crippen molar-refractivity contribution in [3.63, 3.8) is 0 Å². The van der Waals surface area contributed by atoms with Crippen LogP contribution in [0.1, 0.15) is 42.9 Å². The highest BCUT2D eigenvalue weighted by molar-refractivity contribution is 6.30. The van der Waals surface area contributed by atoms with Gasteiger partial charge in [0.25, 0.3) is 0 Å². The Morgan fingerprint density at radius 1 is 0.931 bits per heavy atom. The third-order valence-corrected chi connectivity index (χ3v) is 6.23. The standard InChI is InChI=1S/C24H27ClN2O2/c25-21-10-6-17(7-11-21)16-22(18-4-2-1-3-5-18)26-23(28)19-12-14-27(15-13-19)24(29)20-8-9-20/h1-7,10-11,19-20,22H,8-9,12-16H2,(H,26,28). The lowest BCUT2D eigenvalue weighted by Gasteiger charge is -2.32. The fraction of sp³-hybridized carbons (Fsp3) is 0.417. The zero-order chi connectivity index (χ0) is 20.2. The number of piperidine rings is 1. The van der Waals surface area contributed by atoms with Crippen LogP contribution in [-0.2, 0) is 16.0 Å². The van der Waals surface area contributed by atoms with E-state index >= 15 is 0 Å². The quantitative estimate of drug-likeness (QED) is 0.767. The van der Waals surface area contributed by atoms with Crippen molar-refractivity contribution in [3.8, 4) is 0 Å². The van der Waals surface area contributed by atoms with Gasteiger partial charge in [-0.25, -0.2) is 0 Å². The Bertz CT molecular complexity index is 841. The van der Waals surface area contributed by atoms with Crippen LogP contribution in [0, 0.1) is 11.8 Å². The monoisotopic (exact) mass is 410 g/mol. The van der Waals surface area contributed by atoms with Crippen LogP contribution in [0.2, 0.25) is 5.02 Å². The van der Waals surface area contributed by atoms with E-state index in [1.165, 1.54) is 0 Å². The Morgan fingerprint density at radius 3 is 2.21 bits per heavy atom.